The molecule has 10 aromatic rings. The van der Waals surface area contributed by atoms with Crippen molar-refractivity contribution in [3.05, 3.63) is 308 Å². The molecule has 0 saturated heterocycles. The third-order valence-electron chi connectivity index (χ3n) is 16.3. The Morgan fingerprint density at radius 2 is 0.899 bits per heavy atom. The van der Waals surface area contributed by atoms with Crippen molar-refractivity contribution in [2.45, 2.75) is 56.8 Å². The van der Waals surface area contributed by atoms with Gasteiger partial charge in [0.05, 0.1) is 10.8 Å². The maximum Gasteiger partial charge on any atom is 0.0716 e. The Hall–Kier alpha value is -7.80. The van der Waals surface area contributed by atoms with Crippen molar-refractivity contribution in [2.75, 3.05) is 0 Å². The van der Waals surface area contributed by atoms with Crippen molar-refractivity contribution in [3.8, 4) is 44.5 Å². The lowest BCUT2D eigenvalue weighted by molar-refractivity contribution is 0.660. The smallest absolute Gasteiger partial charge is 0.0622 e. The molecule has 13 rings (SSSR count). The molecule has 0 aliphatic heterocycles. The first-order valence-corrected chi connectivity index (χ1v) is 24.8. The Balaban J connectivity index is 0.990. The van der Waals surface area contributed by atoms with Crippen LogP contribution < -0.4 is 0 Å². The van der Waals surface area contributed by atoms with E-state index in [1.807, 2.05) is 0 Å². The minimum absolute atomic E-state index is 0.0129. The van der Waals surface area contributed by atoms with Crippen molar-refractivity contribution >= 4 is 0 Å². The van der Waals surface area contributed by atoms with Crippen LogP contribution in [0.1, 0.15) is 91.7 Å². The Morgan fingerprint density at radius 3 is 1.70 bits per heavy atom. The maximum atomic E-state index is 2.53. The quantitative estimate of drug-likeness (QED) is 0.143. The van der Waals surface area contributed by atoms with Gasteiger partial charge in [-0.15, -0.1) is 0 Å². The lowest BCUT2D eigenvalue weighted by atomic mass is 9.66. The van der Waals surface area contributed by atoms with Crippen LogP contribution in [0.15, 0.2) is 231 Å². The van der Waals surface area contributed by atoms with E-state index in [9.17, 15) is 0 Å². The molecule has 0 spiro atoms. The molecule has 0 heteroatoms. The summed E-state index contributed by atoms with van der Waals surface area (Å²) in [7, 11) is 0. The number of hydrogen-bond acceptors (Lipinski definition) is 0. The first kappa shape index (κ1) is 41.4. The van der Waals surface area contributed by atoms with E-state index < -0.39 is 10.8 Å². The molecule has 69 heavy (non-hydrogen) atoms. The summed E-state index contributed by atoms with van der Waals surface area (Å²) in [5.74, 6) is 0. The van der Waals surface area contributed by atoms with Crippen LogP contribution in [0.4, 0.5) is 0 Å². The molecule has 3 aliphatic carbocycles. The van der Waals surface area contributed by atoms with Crippen molar-refractivity contribution in [1.82, 2.24) is 0 Å². The molecule has 0 amide bonds. The summed E-state index contributed by atoms with van der Waals surface area (Å²) in [5, 5.41) is 0. The van der Waals surface area contributed by atoms with E-state index in [2.05, 4.69) is 258 Å². The zero-order valence-electron chi connectivity index (χ0n) is 39.9. The highest BCUT2D eigenvalue weighted by Gasteiger charge is 2.49. The van der Waals surface area contributed by atoms with Gasteiger partial charge in [0.1, 0.15) is 0 Å². The number of benzene rings is 10. The molecule has 2 unspecified atom stereocenters. The normalized spacial score (nSPS) is 17.6. The molecule has 0 bridgehead atoms. The monoisotopic (exact) mass is 882 g/mol. The molecule has 0 N–H and O–H groups in total. The van der Waals surface area contributed by atoms with E-state index >= 15 is 0 Å². The first-order chi connectivity index (χ1) is 33.8. The molecular weight excluding hydrogens is 829 g/mol. The number of rotatable bonds is 8. The van der Waals surface area contributed by atoms with Crippen molar-refractivity contribution in [3.63, 3.8) is 0 Å². The second-order valence-corrected chi connectivity index (χ2v) is 20.3. The van der Waals surface area contributed by atoms with E-state index in [1.54, 1.807) is 0 Å². The second-order valence-electron chi connectivity index (χ2n) is 20.3. The predicted molar refractivity (Wildman–Crippen MR) is 287 cm³/mol. The Bertz CT molecular complexity index is 3660. The molecule has 0 saturated carbocycles. The Morgan fingerprint density at radius 1 is 0.333 bits per heavy atom. The topological polar surface area (TPSA) is 0 Å². The van der Waals surface area contributed by atoms with Crippen molar-refractivity contribution < 1.29 is 0 Å². The van der Waals surface area contributed by atoms with E-state index in [0.717, 1.165) is 12.8 Å². The van der Waals surface area contributed by atoms with Gasteiger partial charge < -0.3 is 0 Å². The van der Waals surface area contributed by atoms with E-state index in [0.29, 0.717) is 0 Å². The summed E-state index contributed by atoms with van der Waals surface area (Å²) < 4.78 is 0. The van der Waals surface area contributed by atoms with Crippen molar-refractivity contribution in [2.24, 2.45) is 0 Å². The van der Waals surface area contributed by atoms with Gasteiger partial charge in [-0.25, -0.2) is 0 Å². The summed E-state index contributed by atoms with van der Waals surface area (Å²) >= 11 is 0. The van der Waals surface area contributed by atoms with Gasteiger partial charge >= 0.3 is 0 Å². The van der Waals surface area contributed by atoms with Crippen LogP contribution in [0, 0.1) is 13.8 Å². The van der Waals surface area contributed by atoms with E-state index in [1.165, 1.54) is 122 Å². The molecule has 0 fully saturated rings. The molecule has 10 aromatic carbocycles. The lowest BCUT2D eigenvalue weighted by Gasteiger charge is -2.35. The van der Waals surface area contributed by atoms with Crippen LogP contribution >= 0.6 is 0 Å². The molecule has 2 atom stereocenters. The Kier molecular flexibility index (Phi) is 9.37. The average molecular weight is 883 g/mol. The van der Waals surface area contributed by atoms with E-state index in [-0.39, 0.29) is 5.41 Å². The third-order valence-corrected chi connectivity index (χ3v) is 16.3. The van der Waals surface area contributed by atoms with Gasteiger partial charge in [0.25, 0.3) is 0 Å². The first-order valence-electron chi connectivity index (χ1n) is 24.8. The highest BCUT2D eigenvalue weighted by atomic mass is 14.5. The van der Waals surface area contributed by atoms with Crippen LogP contribution in [-0.2, 0) is 29.1 Å². The van der Waals surface area contributed by atoms with Crippen LogP contribution in [0.2, 0.25) is 0 Å². The molecule has 0 heterocycles. The van der Waals surface area contributed by atoms with E-state index in [4.69, 9.17) is 0 Å². The van der Waals surface area contributed by atoms with Gasteiger partial charge in [-0.2, -0.15) is 0 Å². The van der Waals surface area contributed by atoms with Gasteiger partial charge in [-0.3, -0.25) is 0 Å². The largest absolute Gasteiger partial charge is 0.0716 e. The van der Waals surface area contributed by atoms with Crippen molar-refractivity contribution in [1.29, 1.82) is 0 Å². The van der Waals surface area contributed by atoms with Gasteiger partial charge in [0, 0.05) is 5.41 Å². The van der Waals surface area contributed by atoms with Gasteiger partial charge in [0.2, 0.25) is 0 Å². The van der Waals surface area contributed by atoms with Crippen LogP contribution in [0.5, 0.6) is 0 Å². The third kappa shape index (κ3) is 5.88. The van der Waals surface area contributed by atoms with Gasteiger partial charge in [0.15, 0.2) is 0 Å². The summed E-state index contributed by atoms with van der Waals surface area (Å²) in [6, 6.07) is 87.9. The molecule has 0 nitrogen and oxygen atoms in total. The molecule has 3 aliphatic rings. The maximum absolute atomic E-state index is 2.53. The lowest BCUT2D eigenvalue weighted by Crippen LogP contribution is -2.29. The highest BCUT2D eigenvalue weighted by molar-refractivity contribution is 5.97. The molecule has 0 radical (unpaired) electrons. The van der Waals surface area contributed by atoms with Crippen LogP contribution in [0.3, 0.4) is 0 Å². The summed E-state index contributed by atoms with van der Waals surface area (Å²) in [6.45, 7) is 9.31. The zero-order valence-corrected chi connectivity index (χ0v) is 39.9. The molecule has 330 valence electrons. The van der Waals surface area contributed by atoms with Crippen LogP contribution in [0.25, 0.3) is 44.5 Å². The fraction of sp³-hybridized carbons (Fsp3) is 0.130. The number of fused-ring (bicyclic) bond motifs is 9. The summed E-state index contributed by atoms with van der Waals surface area (Å²) in [4.78, 5) is 0. The second kappa shape index (κ2) is 15.6. The minimum atomic E-state index is -0.538. The fourth-order valence-corrected chi connectivity index (χ4v) is 13.4. The number of aryl methyl sites for hydroxylation is 4. The van der Waals surface area contributed by atoms with Crippen LogP contribution in [-0.4, -0.2) is 0 Å². The summed E-state index contributed by atoms with van der Waals surface area (Å²) in [5.41, 5.74) is 28.3. The van der Waals surface area contributed by atoms with Gasteiger partial charge in [-0.1, -0.05) is 244 Å². The Labute approximate surface area is 407 Å². The number of hydrogen-bond donors (Lipinski definition) is 0. The average Bonchev–Trinajstić information content (AvgIpc) is 3.96. The SMILES string of the molecule is Cc1ccc2c(c1)C(c1ccccc1)(c1cccc(-c3cccc4c3-c3cccc(C)c3C4(c3ccccc3)c3cccc(CCc4cccc5c4-c4ccccc4C5(C)C)c3)c1)c1ccccc1-2. The zero-order chi connectivity index (χ0) is 46.5. The minimum Gasteiger partial charge on any atom is -0.0622 e. The highest BCUT2D eigenvalue weighted by Crippen LogP contribution is 2.61. The molecular formula is C69H54. The summed E-state index contributed by atoms with van der Waals surface area (Å²) in [6.07, 6.45) is 1.92. The van der Waals surface area contributed by atoms with Gasteiger partial charge in [-0.05, 0) is 150 Å². The standard InChI is InChI=1S/C69H54/c1-45-38-41-56-55-30-11-14-35-60(55)68(63(56)42-45,50-24-7-5-8-25-50)53-29-17-23-49(44-53)54-32-19-37-62-65(54)58-33-15-20-46(2)66(58)69(62,51-26-9-6-10-27-51)52-28-16-21-47(43-52)39-40-48-22-18-36-61-64(48)57-31-12-13-34-59(57)67(61,3)4/h5-38,41-44H,39-40H2,1-4H3. The molecule has 0 aromatic heterocycles. The fourth-order valence-electron chi connectivity index (χ4n) is 13.4. The predicted octanol–water partition coefficient (Wildman–Crippen LogP) is 16.8.